The SMILES string of the molecule is C=C(NCC)c1c(C)c(C(=C)NCC(O)CC)c(C)c(N(C)C(C)=O)c1C. The average molecular weight is 374 g/mol. The van der Waals surface area contributed by atoms with Crippen LogP contribution in [0.15, 0.2) is 13.2 Å². The zero-order valence-corrected chi connectivity index (χ0v) is 17.9. The van der Waals surface area contributed by atoms with Gasteiger partial charge in [0.1, 0.15) is 0 Å². The lowest BCUT2D eigenvalue weighted by Gasteiger charge is -2.29. The predicted octanol–water partition coefficient (Wildman–Crippen LogP) is 3.51. The van der Waals surface area contributed by atoms with Gasteiger partial charge < -0.3 is 20.6 Å². The molecule has 3 N–H and O–H groups in total. The summed E-state index contributed by atoms with van der Waals surface area (Å²) >= 11 is 0. The molecule has 5 nitrogen and oxygen atoms in total. The summed E-state index contributed by atoms with van der Waals surface area (Å²) in [5.74, 6) is -0.0315. The van der Waals surface area contributed by atoms with E-state index < -0.39 is 6.10 Å². The highest BCUT2D eigenvalue weighted by molar-refractivity contribution is 5.96. The molecule has 0 bridgehead atoms. The van der Waals surface area contributed by atoms with Crippen molar-refractivity contribution < 1.29 is 9.90 Å². The highest BCUT2D eigenvalue weighted by Crippen LogP contribution is 2.38. The lowest BCUT2D eigenvalue weighted by atomic mass is 9.88. The molecule has 0 saturated heterocycles. The molecule has 0 aromatic heterocycles. The van der Waals surface area contributed by atoms with E-state index in [1.54, 1.807) is 18.9 Å². The number of nitrogens with one attached hydrogen (secondary N) is 2. The summed E-state index contributed by atoms with van der Waals surface area (Å²) in [6.45, 7) is 21.2. The van der Waals surface area contributed by atoms with Crippen LogP contribution < -0.4 is 15.5 Å². The third-order valence-electron chi connectivity index (χ3n) is 5.03. The molecular formula is C22H35N3O2. The summed E-state index contributed by atoms with van der Waals surface area (Å²) < 4.78 is 0. The third-order valence-corrected chi connectivity index (χ3v) is 5.03. The molecular weight excluding hydrogens is 338 g/mol. The van der Waals surface area contributed by atoms with Gasteiger partial charge in [-0.25, -0.2) is 0 Å². The summed E-state index contributed by atoms with van der Waals surface area (Å²) in [5, 5.41) is 16.4. The standard InChI is InChI=1S/C22H35N3O2/c1-10-19(27)12-24-17(7)21-13(3)20(16(6)23-11-2)14(4)22(15(21)5)25(9)18(8)26/h19,23-24,27H,6-7,10-12H2,1-5,8-9H3. The molecule has 5 heteroatoms. The molecule has 1 atom stereocenters. The van der Waals surface area contributed by atoms with Crippen molar-refractivity contribution in [3.8, 4) is 0 Å². The first-order valence-electron chi connectivity index (χ1n) is 9.50. The van der Waals surface area contributed by atoms with Gasteiger partial charge in [-0.15, -0.1) is 0 Å². The first-order valence-corrected chi connectivity index (χ1v) is 9.50. The molecule has 27 heavy (non-hydrogen) atoms. The summed E-state index contributed by atoms with van der Waals surface area (Å²) in [7, 11) is 1.79. The first-order chi connectivity index (χ1) is 12.6. The van der Waals surface area contributed by atoms with Crippen LogP contribution in [0.2, 0.25) is 0 Å². The second-order valence-electron chi connectivity index (χ2n) is 6.98. The van der Waals surface area contributed by atoms with Gasteiger partial charge >= 0.3 is 0 Å². The highest BCUT2D eigenvalue weighted by Gasteiger charge is 2.23. The van der Waals surface area contributed by atoms with Gasteiger partial charge in [-0.05, 0) is 50.8 Å². The van der Waals surface area contributed by atoms with E-state index in [0.29, 0.717) is 13.0 Å². The van der Waals surface area contributed by atoms with Crippen molar-refractivity contribution in [3.63, 3.8) is 0 Å². The van der Waals surface area contributed by atoms with Crippen LogP contribution in [0.5, 0.6) is 0 Å². The van der Waals surface area contributed by atoms with Crippen LogP contribution in [-0.4, -0.2) is 37.3 Å². The molecule has 0 aliphatic carbocycles. The van der Waals surface area contributed by atoms with Crippen LogP contribution in [0.25, 0.3) is 11.4 Å². The van der Waals surface area contributed by atoms with E-state index in [0.717, 1.165) is 51.4 Å². The molecule has 1 aromatic carbocycles. The minimum absolute atomic E-state index is 0.0315. The molecule has 0 heterocycles. The number of rotatable bonds is 9. The number of amides is 1. The van der Waals surface area contributed by atoms with Gasteiger partial charge in [0.15, 0.2) is 0 Å². The second kappa shape index (κ2) is 9.60. The topological polar surface area (TPSA) is 64.6 Å². The Morgan fingerprint density at radius 1 is 1.04 bits per heavy atom. The summed E-state index contributed by atoms with van der Waals surface area (Å²) in [4.78, 5) is 13.8. The van der Waals surface area contributed by atoms with E-state index >= 15 is 0 Å². The molecule has 1 amide bonds. The monoisotopic (exact) mass is 373 g/mol. The number of aliphatic hydroxyl groups is 1. The Balaban J connectivity index is 3.63. The molecule has 0 aliphatic rings. The van der Waals surface area contributed by atoms with Crippen LogP contribution in [0.4, 0.5) is 5.69 Å². The van der Waals surface area contributed by atoms with Crippen molar-refractivity contribution in [3.05, 3.63) is 41.0 Å². The minimum atomic E-state index is -0.427. The number of carbonyl (C=O) groups excluding carboxylic acids is 1. The fourth-order valence-corrected chi connectivity index (χ4v) is 3.55. The normalized spacial score (nSPS) is 11.7. The molecule has 0 radical (unpaired) electrons. The van der Waals surface area contributed by atoms with Crippen molar-refractivity contribution in [2.75, 3.05) is 25.0 Å². The molecule has 1 aromatic rings. The zero-order chi connectivity index (χ0) is 20.9. The summed E-state index contributed by atoms with van der Waals surface area (Å²) in [6.07, 6.45) is 0.246. The van der Waals surface area contributed by atoms with Crippen molar-refractivity contribution in [2.45, 2.75) is 54.1 Å². The third kappa shape index (κ3) is 4.92. The van der Waals surface area contributed by atoms with E-state index in [4.69, 9.17) is 0 Å². The smallest absolute Gasteiger partial charge is 0.223 e. The van der Waals surface area contributed by atoms with Crippen LogP contribution in [0, 0.1) is 20.8 Å². The Bertz CT molecular complexity index is 738. The van der Waals surface area contributed by atoms with Gasteiger partial charge in [-0.2, -0.15) is 0 Å². The van der Waals surface area contributed by atoms with Crippen molar-refractivity contribution in [1.29, 1.82) is 0 Å². The predicted molar refractivity (Wildman–Crippen MR) is 116 cm³/mol. The second-order valence-corrected chi connectivity index (χ2v) is 6.98. The Hall–Kier alpha value is -2.27. The van der Waals surface area contributed by atoms with Crippen molar-refractivity contribution in [2.24, 2.45) is 0 Å². The average Bonchev–Trinajstić information content (AvgIpc) is 2.59. The molecule has 1 unspecified atom stereocenters. The largest absolute Gasteiger partial charge is 0.391 e. The minimum Gasteiger partial charge on any atom is -0.391 e. The number of benzene rings is 1. The summed E-state index contributed by atoms with van der Waals surface area (Å²) in [5.41, 5.74) is 7.45. The van der Waals surface area contributed by atoms with Gasteiger partial charge in [0.25, 0.3) is 0 Å². The van der Waals surface area contributed by atoms with E-state index in [-0.39, 0.29) is 5.91 Å². The summed E-state index contributed by atoms with van der Waals surface area (Å²) in [6, 6.07) is 0. The fraction of sp³-hybridized carbons (Fsp3) is 0.500. The van der Waals surface area contributed by atoms with E-state index in [9.17, 15) is 9.90 Å². The Morgan fingerprint density at radius 3 is 1.93 bits per heavy atom. The first kappa shape index (κ1) is 22.8. The molecule has 1 rings (SSSR count). The number of hydrogen-bond acceptors (Lipinski definition) is 4. The number of carbonyl (C=O) groups is 1. The van der Waals surface area contributed by atoms with Gasteiger partial charge in [-0.1, -0.05) is 20.1 Å². The molecule has 0 saturated carbocycles. The van der Waals surface area contributed by atoms with Gasteiger partial charge in [0, 0.05) is 49.6 Å². The Labute approximate surface area is 164 Å². The fourth-order valence-electron chi connectivity index (χ4n) is 3.55. The van der Waals surface area contributed by atoms with Gasteiger partial charge in [-0.3, -0.25) is 4.79 Å². The molecule has 0 fully saturated rings. The Kier molecular flexibility index (Phi) is 8.10. The maximum atomic E-state index is 12.1. The van der Waals surface area contributed by atoms with E-state index in [2.05, 4.69) is 23.8 Å². The molecule has 150 valence electrons. The quantitative estimate of drug-likeness (QED) is 0.620. The number of anilines is 1. The zero-order valence-electron chi connectivity index (χ0n) is 17.9. The number of aliphatic hydroxyl groups excluding tert-OH is 1. The van der Waals surface area contributed by atoms with Crippen molar-refractivity contribution in [1.82, 2.24) is 10.6 Å². The van der Waals surface area contributed by atoms with E-state index in [1.165, 1.54) is 0 Å². The lowest BCUT2D eigenvalue weighted by molar-refractivity contribution is -0.116. The van der Waals surface area contributed by atoms with Crippen LogP contribution >= 0.6 is 0 Å². The van der Waals surface area contributed by atoms with Crippen molar-refractivity contribution >= 4 is 23.0 Å². The van der Waals surface area contributed by atoms with Gasteiger partial charge in [0.2, 0.25) is 5.91 Å². The maximum Gasteiger partial charge on any atom is 0.223 e. The lowest BCUT2D eigenvalue weighted by Crippen LogP contribution is -2.28. The highest BCUT2D eigenvalue weighted by atomic mass is 16.3. The van der Waals surface area contributed by atoms with E-state index in [1.807, 2.05) is 34.6 Å². The number of hydrogen-bond donors (Lipinski definition) is 3. The molecule has 0 spiro atoms. The molecule has 0 aliphatic heterocycles. The van der Waals surface area contributed by atoms with Gasteiger partial charge in [0.05, 0.1) is 11.8 Å². The van der Waals surface area contributed by atoms with Crippen LogP contribution in [0.1, 0.15) is 55.0 Å². The Morgan fingerprint density at radius 2 is 1.52 bits per heavy atom. The van der Waals surface area contributed by atoms with Crippen LogP contribution in [0.3, 0.4) is 0 Å². The maximum absolute atomic E-state index is 12.1. The van der Waals surface area contributed by atoms with Crippen LogP contribution in [-0.2, 0) is 4.79 Å². The number of nitrogens with zero attached hydrogens (tertiary/aromatic N) is 1.